The number of aryl methyl sites for hydroxylation is 1. The summed E-state index contributed by atoms with van der Waals surface area (Å²) in [7, 11) is 0. The lowest BCUT2D eigenvalue weighted by Gasteiger charge is -2.02. The number of amides is 1. The van der Waals surface area contributed by atoms with Crippen LogP contribution in [0.3, 0.4) is 0 Å². The number of carbonyl (C=O) groups excluding carboxylic acids is 1. The Labute approximate surface area is 125 Å². The van der Waals surface area contributed by atoms with E-state index in [9.17, 15) is 4.79 Å². The Morgan fingerprint density at radius 3 is 3.10 bits per heavy atom. The summed E-state index contributed by atoms with van der Waals surface area (Å²) in [5.41, 5.74) is 7.74. The summed E-state index contributed by atoms with van der Waals surface area (Å²) >= 11 is 1.41. The number of nitrogens with zero attached hydrogens (tertiary/aromatic N) is 2. The summed E-state index contributed by atoms with van der Waals surface area (Å²) in [5.74, 6) is 0.320. The summed E-state index contributed by atoms with van der Waals surface area (Å²) in [6, 6.07) is 5.97. The molecule has 0 atom stereocenters. The van der Waals surface area contributed by atoms with Gasteiger partial charge in [-0.1, -0.05) is 17.3 Å². The molecule has 0 spiro atoms. The van der Waals surface area contributed by atoms with Gasteiger partial charge in [-0.05, 0) is 18.6 Å². The minimum atomic E-state index is -0.175. The summed E-state index contributed by atoms with van der Waals surface area (Å²) in [4.78, 5) is 16.6. The maximum Gasteiger partial charge on any atom is 0.263 e. The lowest BCUT2D eigenvalue weighted by atomic mass is 10.1. The van der Waals surface area contributed by atoms with Crippen LogP contribution < -0.4 is 11.1 Å². The van der Waals surface area contributed by atoms with Crippen molar-refractivity contribution in [1.82, 2.24) is 15.5 Å². The second-order valence-corrected chi connectivity index (χ2v) is 5.74. The summed E-state index contributed by atoms with van der Waals surface area (Å²) in [6.07, 6.45) is 1.83. The average Bonchev–Trinajstić information content (AvgIpc) is 3.07. The Morgan fingerprint density at radius 2 is 2.33 bits per heavy atom. The van der Waals surface area contributed by atoms with E-state index in [1.807, 2.05) is 25.1 Å². The van der Waals surface area contributed by atoms with Gasteiger partial charge in [-0.3, -0.25) is 4.79 Å². The minimum absolute atomic E-state index is 0.175. The quantitative estimate of drug-likeness (QED) is 0.770. The van der Waals surface area contributed by atoms with Crippen LogP contribution in [0.5, 0.6) is 0 Å². The van der Waals surface area contributed by atoms with Crippen molar-refractivity contribution in [3.05, 3.63) is 40.9 Å². The number of nitrogens with one attached hydrogen (secondary N) is 1. The van der Waals surface area contributed by atoms with Gasteiger partial charge in [-0.25, -0.2) is 0 Å². The van der Waals surface area contributed by atoms with Crippen LogP contribution in [0.2, 0.25) is 0 Å². The van der Waals surface area contributed by atoms with Crippen LogP contribution in [0.4, 0.5) is 5.69 Å². The van der Waals surface area contributed by atoms with E-state index in [0.717, 1.165) is 15.6 Å². The van der Waals surface area contributed by atoms with E-state index in [1.165, 1.54) is 17.7 Å². The molecule has 0 bridgehead atoms. The largest absolute Gasteiger partial charge is 0.397 e. The average molecular weight is 302 g/mol. The predicted octanol–water partition coefficient (Wildman–Crippen LogP) is 2.15. The second kappa shape index (κ2) is 5.53. The highest BCUT2D eigenvalue weighted by atomic mass is 32.1. The topological polar surface area (TPSA) is 94.0 Å². The van der Waals surface area contributed by atoms with Crippen molar-refractivity contribution in [2.45, 2.75) is 13.3 Å². The molecule has 0 unspecified atom stereocenters. The molecule has 3 rings (SSSR count). The van der Waals surface area contributed by atoms with E-state index in [2.05, 4.69) is 15.5 Å². The number of fused-ring (bicyclic) bond motifs is 1. The molecule has 3 aromatic rings. The molecular weight excluding hydrogens is 288 g/mol. The first-order valence-corrected chi connectivity index (χ1v) is 7.29. The highest BCUT2D eigenvalue weighted by Crippen LogP contribution is 2.34. The van der Waals surface area contributed by atoms with Crippen LogP contribution in [0.1, 0.15) is 21.1 Å². The van der Waals surface area contributed by atoms with Gasteiger partial charge in [0.1, 0.15) is 4.88 Å². The van der Waals surface area contributed by atoms with Crippen molar-refractivity contribution < 1.29 is 9.32 Å². The van der Waals surface area contributed by atoms with E-state index < -0.39 is 0 Å². The number of hydrogen-bond donors (Lipinski definition) is 2. The molecule has 0 aliphatic carbocycles. The molecule has 21 heavy (non-hydrogen) atoms. The van der Waals surface area contributed by atoms with Gasteiger partial charge in [0.05, 0.1) is 5.69 Å². The summed E-state index contributed by atoms with van der Waals surface area (Å²) in [5, 5.41) is 7.25. The first kappa shape index (κ1) is 13.6. The van der Waals surface area contributed by atoms with Crippen LogP contribution in [-0.2, 0) is 6.42 Å². The molecule has 2 heterocycles. The van der Waals surface area contributed by atoms with Gasteiger partial charge in [0.2, 0.25) is 5.89 Å². The first-order chi connectivity index (χ1) is 10.1. The molecule has 0 aliphatic heterocycles. The first-order valence-electron chi connectivity index (χ1n) is 6.47. The van der Waals surface area contributed by atoms with E-state index >= 15 is 0 Å². The smallest absolute Gasteiger partial charge is 0.263 e. The van der Waals surface area contributed by atoms with Crippen molar-refractivity contribution in [1.29, 1.82) is 0 Å². The number of rotatable bonds is 4. The number of thiophene rings is 1. The van der Waals surface area contributed by atoms with Gasteiger partial charge >= 0.3 is 0 Å². The van der Waals surface area contributed by atoms with Gasteiger partial charge in [0.25, 0.3) is 5.91 Å². The molecule has 0 saturated carbocycles. The monoisotopic (exact) mass is 302 g/mol. The molecular formula is C14H14N4O2S. The van der Waals surface area contributed by atoms with Gasteiger partial charge in [-0.15, -0.1) is 11.3 Å². The third kappa shape index (κ3) is 2.73. The Balaban J connectivity index is 1.73. The number of benzene rings is 1. The fourth-order valence-corrected chi connectivity index (χ4v) is 3.20. The van der Waals surface area contributed by atoms with Crippen LogP contribution >= 0.6 is 11.3 Å². The number of anilines is 1. The number of nitrogens with two attached hydrogens (primary N) is 1. The van der Waals surface area contributed by atoms with Crippen LogP contribution in [0.25, 0.3) is 10.1 Å². The van der Waals surface area contributed by atoms with Crippen molar-refractivity contribution in [2.24, 2.45) is 0 Å². The van der Waals surface area contributed by atoms with E-state index in [4.69, 9.17) is 10.3 Å². The number of nitrogen functional groups attached to an aromatic ring is 1. The maximum atomic E-state index is 12.2. The van der Waals surface area contributed by atoms with E-state index in [1.54, 1.807) is 0 Å². The van der Waals surface area contributed by atoms with Crippen LogP contribution in [0, 0.1) is 6.92 Å². The summed E-state index contributed by atoms with van der Waals surface area (Å²) < 4.78 is 5.89. The van der Waals surface area contributed by atoms with Crippen molar-refractivity contribution >= 4 is 33.0 Å². The molecule has 2 aromatic heterocycles. The lowest BCUT2D eigenvalue weighted by Crippen LogP contribution is -2.25. The zero-order valence-electron chi connectivity index (χ0n) is 11.4. The molecule has 0 aliphatic rings. The molecule has 0 saturated heterocycles. The SMILES string of the molecule is Cc1ccc2c(N)c(C(=O)NCCc3ncno3)sc2c1. The van der Waals surface area contributed by atoms with Gasteiger partial charge in [0, 0.05) is 23.1 Å². The lowest BCUT2D eigenvalue weighted by molar-refractivity contribution is 0.0958. The van der Waals surface area contributed by atoms with Gasteiger partial charge in [0.15, 0.2) is 6.33 Å². The Kier molecular flexibility index (Phi) is 3.57. The highest BCUT2D eigenvalue weighted by Gasteiger charge is 2.16. The maximum absolute atomic E-state index is 12.2. The fraction of sp³-hybridized carbons (Fsp3) is 0.214. The van der Waals surface area contributed by atoms with Crippen LogP contribution in [0.15, 0.2) is 29.0 Å². The van der Waals surface area contributed by atoms with Crippen molar-refractivity contribution in [2.75, 3.05) is 12.3 Å². The molecule has 7 heteroatoms. The van der Waals surface area contributed by atoms with Crippen LogP contribution in [-0.4, -0.2) is 22.6 Å². The molecule has 108 valence electrons. The third-order valence-electron chi connectivity index (χ3n) is 3.12. The zero-order valence-corrected chi connectivity index (χ0v) is 12.2. The number of aromatic nitrogens is 2. The third-order valence-corrected chi connectivity index (χ3v) is 4.29. The van der Waals surface area contributed by atoms with E-state index in [-0.39, 0.29) is 5.91 Å². The normalized spacial score (nSPS) is 10.9. The molecule has 0 fully saturated rings. The molecule has 1 aromatic carbocycles. The molecule has 1 amide bonds. The summed E-state index contributed by atoms with van der Waals surface area (Å²) in [6.45, 7) is 2.44. The standard InChI is InChI=1S/C14H14N4O2S/c1-8-2-3-9-10(6-8)21-13(12(9)15)14(19)16-5-4-11-17-7-18-20-11/h2-3,6-7H,4-5,15H2,1H3,(H,16,19). The predicted molar refractivity (Wildman–Crippen MR) is 81.3 cm³/mol. The molecule has 6 nitrogen and oxygen atoms in total. The van der Waals surface area contributed by atoms with Crippen molar-refractivity contribution in [3.63, 3.8) is 0 Å². The number of carbonyl (C=O) groups is 1. The highest BCUT2D eigenvalue weighted by molar-refractivity contribution is 7.21. The molecule has 0 radical (unpaired) electrons. The number of hydrogen-bond acceptors (Lipinski definition) is 6. The zero-order chi connectivity index (χ0) is 14.8. The fourth-order valence-electron chi connectivity index (χ4n) is 2.06. The second-order valence-electron chi connectivity index (χ2n) is 4.69. The van der Waals surface area contributed by atoms with Crippen molar-refractivity contribution in [3.8, 4) is 0 Å². The van der Waals surface area contributed by atoms with Gasteiger partial charge < -0.3 is 15.6 Å². The van der Waals surface area contributed by atoms with E-state index in [0.29, 0.717) is 29.4 Å². The minimum Gasteiger partial charge on any atom is -0.397 e. The Hall–Kier alpha value is -2.41. The Morgan fingerprint density at radius 1 is 1.48 bits per heavy atom. The van der Waals surface area contributed by atoms with Gasteiger partial charge in [-0.2, -0.15) is 4.98 Å². The molecule has 3 N–H and O–H groups in total. The Bertz CT molecular complexity index is 780.